The molecule has 1 aliphatic heterocycles. The summed E-state index contributed by atoms with van der Waals surface area (Å²) in [6.07, 6.45) is 5.30. The normalized spacial score (nSPS) is 18.4. The van der Waals surface area contributed by atoms with Gasteiger partial charge in [-0.2, -0.15) is 0 Å². The summed E-state index contributed by atoms with van der Waals surface area (Å²) in [5.74, 6) is -0.578. The highest BCUT2D eigenvalue weighted by molar-refractivity contribution is 6.31. The molecule has 0 radical (unpaired) electrons. The molecule has 1 saturated carbocycles. The molecule has 2 aliphatic rings. The molecule has 0 spiro atoms. The highest BCUT2D eigenvalue weighted by Crippen LogP contribution is 2.56. The van der Waals surface area contributed by atoms with Crippen LogP contribution in [0.3, 0.4) is 0 Å². The number of halogens is 3. The topological polar surface area (TPSA) is 108 Å². The summed E-state index contributed by atoms with van der Waals surface area (Å²) in [5.41, 5.74) is 1.98. The molecule has 57 heavy (non-hydrogen) atoms. The molecule has 3 N–H and O–H groups in total. The molecule has 5 atom stereocenters. The van der Waals surface area contributed by atoms with Crippen molar-refractivity contribution in [1.29, 1.82) is 0 Å². The van der Waals surface area contributed by atoms with Crippen molar-refractivity contribution in [2.75, 3.05) is 13.2 Å². The first-order valence-electron chi connectivity index (χ1n) is 20.0. The smallest absolute Gasteiger partial charge is 0.410 e. The zero-order chi connectivity index (χ0) is 40.6. The molecular weight excluding hydrogens is 781 g/mol. The predicted molar refractivity (Wildman–Crippen MR) is 227 cm³/mol. The summed E-state index contributed by atoms with van der Waals surface area (Å²) in [7, 11) is 0. The van der Waals surface area contributed by atoms with E-state index in [9.17, 15) is 14.7 Å². The first kappa shape index (κ1) is 42.5. The Morgan fingerprint density at radius 3 is 2.26 bits per heavy atom. The maximum absolute atomic E-state index is 15.2. The first-order valence-corrected chi connectivity index (χ1v) is 21.1. The lowest BCUT2D eigenvalue weighted by atomic mass is 9.67. The van der Waals surface area contributed by atoms with Crippen LogP contribution < -0.4 is 15.4 Å². The summed E-state index contributed by atoms with van der Waals surface area (Å²) in [6.45, 7) is 4.38. The number of carbonyl (C=O) groups excluding carboxylic acids is 3. The molecule has 3 amide bonds. The van der Waals surface area contributed by atoms with Gasteiger partial charge in [0.05, 0.1) is 18.7 Å². The fraction of sp³-hybridized carbons (Fsp3) is 0.413. The predicted octanol–water partition coefficient (Wildman–Crippen LogP) is 10.2. The van der Waals surface area contributed by atoms with E-state index in [-0.39, 0.29) is 36.0 Å². The number of hydrogen-bond acceptors (Lipinski definition) is 5. The van der Waals surface area contributed by atoms with Crippen LogP contribution in [0.4, 0.5) is 4.79 Å². The maximum Gasteiger partial charge on any atom is 0.416 e. The fourth-order valence-corrected chi connectivity index (χ4v) is 8.96. The number of nitrogens with zero attached hydrogens (tertiary/aromatic N) is 1. The second-order valence-corrected chi connectivity index (χ2v) is 17.1. The molecular formula is C46H52Cl3N3O5. The van der Waals surface area contributed by atoms with Crippen LogP contribution in [0.1, 0.15) is 94.4 Å². The van der Waals surface area contributed by atoms with Crippen LogP contribution in [0.25, 0.3) is 0 Å². The van der Waals surface area contributed by atoms with Crippen LogP contribution in [0.5, 0.6) is 5.75 Å². The van der Waals surface area contributed by atoms with E-state index in [2.05, 4.69) is 23.6 Å². The average molecular weight is 833 g/mol. The van der Waals surface area contributed by atoms with E-state index in [0.29, 0.717) is 47.3 Å². The number of unbranched alkanes of at least 4 members (excludes halogenated alkanes) is 1. The highest BCUT2D eigenvalue weighted by atomic mass is 35.5. The molecule has 4 aromatic rings. The van der Waals surface area contributed by atoms with Gasteiger partial charge in [0.1, 0.15) is 11.8 Å². The molecule has 4 aromatic carbocycles. The highest BCUT2D eigenvalue weighted by Gasteiger charge is 2.51. The van der Waals surface area contributed by atoms with Gasteiger partial charge in [-0.15, -0.1) is 0 Å². The Hall–Kier alpha value is -4.08. The van der Waals surface area contributed by atoms with E-state index in [0.717, 1.165) is 36.8 Å². The van der Waals surface area contributed by atoms with Gasteiger partial charge in [-0.3, -0.25) is 14.5 Å². The number of ether oxygens (including phenoxy) is 1. The van der Waals surface area contributed by atoms with Gasteiger partial charge in [0.15, 0.2) is 0 Å². The van der Waals surface area contributed by atoms with Gasteiger partial charge in [-0.25, -0.2) is 4.79 Å². The summed E-state index contributed by atoms with van der Waals surface area (Å²) in [4.78, 5) is 44.2. The maximum atomic E-state index is 15.2. The van der Waals surface area contributed by atoms with Gasteiger partial charge < -0.3 is 20.5 Å². The number of aliphatic hydroxyl groups is 1. The first-order chi connectivity index (χ1) is 27.5. The van der Waals surface area contributed by atoms with Crippen molar-refractivity contribution in [3.8, 4) is 5.75 Å². The lowest BCUT2D eigenvalue weighted by Crippen LogP contribution is -2.57. The molecule has 1 saturated heterocycles. The summed E-state index contributed by atoms with van der Waals surface area (Å²) < 4.78 is 6.20. The summed E-state index contributed by atoms with van der Waals surface area (Å²) in [5, 5.41) is 18.2. The van der Waals surface area contributed by atoms with Crippen molar-refractivity contribution in [1.82, 2.24) is 15.5 Å². The number of hydrogen-bond donors (Lipinski definition) is 3. The van der Waals surface area contributed by atoms with Gasteiger partial charge in [-0.05, 0) is 116 Å². The van der Waals surface area contributed by atoms with Crippen LogP contribution in [-0.2, 0) is 20.4 Å². The molecule has 302 valence electrons. The lowest BCUT2D eigenvalue weighted by molar-refractivity contribution is -0.129. The molecule has 8 nitrogen and oxygen atoms in total. The van der Waals surface area contributed by atoms with Crippen molar-refractivity contribution in [3.05, 3.63) is 135 Å². The molecule has 0 aromatic heterocycles. The molecule has 6 rings (SSSR count). The molecule has 0 unspecified atom stereocenters. The second kappa shape index (κ2) is 19.1. The van der Waals surface area contributed by atoms with Gasteiger partial charge in [-0.1, -0.05) is 116 Å². The van der Waals surface area contributed by atoms with Gasteiger partial charge in [0.25, 0.3) is 0 Å². The van der Waals surface area contributed by atoms with Gasteiger partial charge >= 0.3 is 6.09 Å². The quantitative estimate of drug-likeness (QED) is 0.0926. The number of amides is 3. The second-order valence-electron chi connectivity index (χ2n) is 15.8. The number of rotatable bonds is 18. The molecule has 2 fully saturated rings. The standard InChI is InChI=1S/C46H52Cl3N3O5/c1-3-4-16-40(43(55)51-38(30-53)27-32-21-26-50-42(32)54)52(44(56)57-39-19-17-35(47)18-20-39)41(31-10-6-5-7-11-31)45(2,33-12-8-14-36(48)28-33)22-23-46(24-25-46)34-13-9-15-37(49)29-34/h5-15,17-20,28-29,32,38,40-41,53H,3-4,16,21-27,30H2,1-2H3,(H,50,54)(H,51,55)/t32-,38-,40-,41+,45+/m0/s1. The number of benzene rings is 4. The molecule has 1 heterocycles. The largest absolute Gasteiger partial charge is 0.416 e. The zero-order valence-corrected chi connectivity index (χ0v) is 34.8. The van der Waals surface area contributed by atoms with Gasteiger partial charge in [0.2, 0.25) is 11.8 Å². The van der Waals surface area contributed by atoms with E-state index >= 15 is 4.79 Å². The van der Waals surface area contributed by atoms with Crippen molar-refractivity contribution < 1.29 is 24.2 Å². The van der Waals surface area contributed by atoms with E-state index in [1.54, 1.807) is 29.2 Å². The van der Waals surface area contributed by atoms with E-state index in [4.69, 9.17) is 39.5 Å². The lowest BCUT2D eigenvalue weighted by Gasteiger charge is -2.47. The molecule has 11 heteroatoms. The van der Waals surface area contributed by atoms with Crippen LogP contribution in [0.2, 0.25) is 15.1 Å². The molecule has 1 aliphatic carbocycles. The van der Waals surface area contributed by atoms with E-state index < -0.39 is 35.5 Å². The Balaban J connectivity index is 1.49. The van der Waals surface area contributed by atoms with Crippen LogP contribution >= 0.6 is 34.8 Å². The minimum atomic E-state index is -1.03. The monoisotopic (exact) mass is 831 g/mol. The minimum absolute atomic E-state index is 0.0916. The Labute approximate surface area is 351 Å². The average Bonchev–Trinajstić information content (AvgIpc) is 3.91. The molecule has 0 bridgehead atoms. The zero-order valence-electron chi connectivity index (χ0n) is 32.6. The van der Waals surface area contributed by atoms with Gasteiger partial charge in [0, 0.05) is 32.9 Å². The summed E-state index contributed by atoms with van der Waals surface area (Å²) in [6, 6.07) is 29.7. The Bertz CT molecular complexity index is 1990. The Kier molecular flexibility index (Phi) is 14.3. The number of aliphatic hydroxyl groups excluding tert-OH is 1. The van der Waals surface area contributed by atoms with E-state index in [1.807, 2.05) is 79.7 Å². The summed E-state index contributed by atoms with van der Waals surface area (Å²) >= 11 is 19.5. The number of carbonyl (C=O) groups is 3. The Morgan fingerprint density at radius 1 is 0.947 bits per heavy atom. The van der Waals surface area contributed by atoms with Crippen molar-refractivity contribution in [2.45, 2.75) is 101 Å². The fourth-order valence-electron chi connectivity index (χ4n) is 8.46. The third-order valence-electron chi connectivity index (χ3n) is 11.9. The van der Waals surface area contributed by atoms with E-state index in [1.165, 1.54) is 5.56 Å². The third kappa shape index (κ3) is 10.3. The van der Waals surface area contributed by atoms with Crippen molar-refractivity contribution in [2.24, 2.45) is 5.92 Å². The third-order valence-corrected chi connectivity index (χ3v) is 12.6. The number of nitrogens with one attached hydrogen (secondary N) is 2. The van der Waals surface area contributed by atoms with Crippen LogP contribution in [-0.4, -0.2) is 53.1 Å². The van der Waals surface area contributed by atoms with Crippen LogP contribution in [0.15, 0.2) is 103 Å². The Morgan fingerprint density at radius 2 is 1.65 bits per heavy atom. The minimum Gasteiger partial charge on any atom is -0.410 e. The van der Waals surface area contributed by atoms with Crippen molar-refractivity contribution >= 4 is 52.7 Å². The van der Waals surface area contributed by atoms with Crippen LogP contribution in [0, 0.1) is 5.92 Å². The van der Waals surface area contributed by atoms with Crippen molar-refractivity contribution in [3.63, 3.8) is 0 Å². The SMILES string of the molecule is CCCC[C@@H](C(=O)N[C@H](CO)C[C@@H]1CCNC1=O)N(C(=O)Oc1ccc(Cl)cc1)[C@H](c1ccccc1)[C@](C)(CCC1(c2cccc(Cl)c2)CC1)c1cccc(Cl)c1.